The van der Waals surface area contributed by atoms with E-state index in [-0.39, 0.29) is 18.0 Å². The van der Waals surface area contributed by atoms with E-state index in [9.17, 15) is 4.79 Å². The summed E-state index contributed by atoms with van der Waals surface area (Å²) in [7, 11) is 1.70. The Hall–Kier alpha value is -1.56. The lowest BCUT2D eigenvalue weighted by molar-refractivity contribution is -0.121. The van der Waals surface area contributed by atoms with Crippen molar-refractivity contribution in [1.29, 1.82) is 0 Å². The number of guanidine groups is 1. The van der Waals surface area contributed by atoms with Gasteiger partial charge in [-0.1, -0.05) is 13.0 Å². The summed E-state index contributed by atoms with van der Waals surface area (Å²) >= 11 is 1.75. The van der Waals surface area contributed by atoms with E-state index in [2.05, 4.69) is 45.4 Å². The molecular formula is C15H26N4OS. The normalized spacial score (nSPS) is 13.7. The van der Waals surface area contributed by atoms with E-state index in [0.717, 1.165) is 6.54 Å². The number of aliphatic imine (C=N–C) groups is 1. The van der Waals surface area contributed by atoms with Crippen LogP contribution in [0.2, 0.25) is 0 Å². The lowest BCUT2D eigenvalue weighted by Crippen LogP contribution is -2.48. The quantitative estimate of drug-likeness (QED) is 0.575. The molecule has 0 bridgehead atoms. The Labute approximate surface area is 131 Å². The molecular weight excluding hydrogens is 284 g/mol. The fourth-order valence-corrected chi connectivity index (χ4v) is 2.56. The number of rotatable bonds is 5. The highest BCUT2D eigenvalue weighted by molar-refractivity contribution is 7.10. The van der Waals surface area contributed by atoms with Gasteiger partial charge in [0.05, 0.1) is 6.54 Å². The highest BCUT2D eigenvalue weighted by atomic mass is 32.1. The number of amides is 1. The fraction of sp³-hybridized carbons (Fsp3) is 0.600. The van der Waals surface area contributed by atoms with Gasteiger partial charge in [0.2, 0.25) is 5.91 Å². The second-order valence-electron chi connectivity index (χ2n) is 6.02. The molecule has 0 saturated carbocycles. The van der Waals surface area contributed by atoms with Crippen molar-refractivity contribution in [3.05, 3.63) is 22.4 Å². The number of hydrogen-bond acceptors (Lipinski definition) is 3. The maximum atomic E-state index is 11.7. The van der Waals surface area contributed by atoms with Gasteiger partial charge in [-0.05, 0) is 32.2 Å². The predicted molar refractivity (Wildman–Crippen MR) is 90.0 cm³/mol. The average molecular weight is 310 g/mol. The summed E-state index contributed by atoms with van der Waals surface area (Å²) in [6.45, 7) is 9.03. The van der Waals surface area contributed by atoms with Crippen molar-refractivity contribution >= 4 is 23.2 Å². The Kier molecular flexibility index (Phi) is 6.68. The average Bonchev–Trinajstić information content (AvgIpc) is 2.90. The summed E-state index contributed by atoms with van der Waals surface area (Å²) in [5.41, 5.74) is -0.219. The van der Waals surface area contributed by atoms with E-state index in [1.807, 2.05) is 20.8 Å². The molecule has 21 heavy (non-hydrogen) atoms. The molecule has 0 saturated heterocycles. The third-order valence-electron chi connectivity index (χ3n) is 2.76. The Morgan fingerprint density at radius 1 is 1.38 bits per heavy atom. The van der Waals surface area contributed by atoms with Crippen molar-refractivity contribution < 1.29 is 4.79 Å². The molecule has 0 spiro atoms. The molecule has 0 radical (unpaired) electrons. The van der Waals surface area contributed by atoms with Crippen molar-refractivity contribution in [2.45, 2.75) is 39.2 Å². The summed E-state index contributed by atoms with van der Waals surface area (Å²) in [4.78, 5) is 17.2. The van der Waals surface area contributed by atoms with Crippen LogP contribution < -0.4 is 16.0 Å². The minimum absolute atomic E-state index is 0.0447. The maximum absolute atomic E-state index is 11.7. The third-order valence-corrected chi connectivity index (χ3v) is 3.86. The predicted octanol–water partition coefficient (Wildman–Crippen LogP) is 1.93. The Morgan fingerprint density at radius 2 is 2.10 bits per heavy atom. The van der Waals surface area contributed by atoms with Gasteiger partial charge in [0, 0.05) is 29.9 Å². The fourth-order valence-electron chi connectivity index (χ4n) is 1.77. The van der Waals surface area contributed by atoms with Gasteiger partial charge in [0.1, 0.15) is 0 Å². The van der Waals surface area contributed by atoms with E-state index in [1.54, 1.807) is 18.4 Å². The third kappa shape index (κ3) is 7.13. The smallest absolute Gasteiger partial charge is 0.239 e. The summed E-state index contributed by atoms with van der Waals surface area (Å²) in [5.74, 6) is 1.01. The van der Waals surface area contributed by atoms with Crippen LogP contribution in [-0.2, 0) is 4.79 Å². The first-order chi connectivity index (χ1) is 9.81. The first kappa shape index (κ1) is 17.5. The molecule has 0 aliphatic carbocycles. The number of carbonyl (C=O) groups excluding carboxylic acids is 1. The minimum atomic E-state index is -0.219. The summed E-state index contributed by atoms with van der Waals surface area (Å²) in [6.07, 6.45) is 0. The number of nitrogens with zero attached hydrogens (tertiary/aromatic N) is 1. The summed E-state index contributed by atoms with van der Waals surface area (Å²) < 4.78 is 0. The standard InChI is InChI=1S/C15H26N4OS/c1-11(12-7-6-8-21-12)9-17-14(16-5)18-10-13(20)19-15(2,3)4/h6-8,11H,9-10H2,1-5H3,(H,19,20)(H2,16,17,18). The van der Waals surface area contributed by atoms with Crippen LogP contribution in [0.5, 0.6) is 0 Å². The lowest BCUT2D eigenvalue weighted by atomic mass is 10.1. The van der Waals surface area contributed by atoms with E-state index >= 15 is 0 Å². The molecule has 1 atom stereocenters. The molecule has 6 heteroatoms. The van der Waals surface area contributed by atoms with E-state index in [4.69, 9.17) is 0 Å². The highest BCUT2D eigenvalue weighted by Crippen LogP contribution is 2.19. The van der Waals surface area contributed by atoms with Gasteiger partial charge in [-0.3, -0.25) is 9.79 Å². The van der Waals surface area contributed by atoms with E-state index in [1.165, 1.54) is 4.88 Å². The number of hydrogen-bond donors (Lipinski definition) is 3. The maximum Gasteiger partial charge on any atom is 0.239 e. The van der Waals surface area contributed by atoms with Crippen LogP contribution in [0.1, 0.15) is 38.5 Å². The molecule has 1 aromatic rings. The zero-order valence-corrected chi connectivity index (χ0v) is 14.3. The van der Waals surface area contributed by atoms with Crippen LogP contribution in [0.25, 0.3) is 0 Å². The zero-order valence-electron chi connectivity index (χ0n) is 13.5. The first-order valence-electron chi connectivity index (χ1n) is 7.11. The van der Waals surface area contributed by atoms with Crippen LogP contribution in [0, 0.1) is 0 Å². The molecule has 0 aliphatic rings. The van der Waals surface area contributed by atoms with Gasteiger partial charge < -0.3 is 16.0 Å². The van der Waals surface area contributed by atoms with Gasteiger partial charge >= 0.3 is 0 Å². The summed E-state index contributed by atoms with van der Waals surface area (Å²) in [6, 6.07) is 4.18. The Bertz CT molecular complexity index is 463. The van der Waals surface area contributed by atoms with Crippen LogP contribution in [0.4, 0.5) is 0 Å². The van der Waals surface area contributed by atoms with Gasteiger partial charge in [0.25, 0.3) is 0 Å². The van der Waals surface area contributed by atoms with Crippen LogP contribution in [0.3, 0.4) is 0 Å². The van der Waals surface area contributed by atoms with Crippen molar-refractivity contribution in [2.75, 3.05) is 20.1 Å². The SMILES string of the molecule is CN=C(NCC(=O)NC(C)(C)C)NCC(C)c1cccs1. The molecule has 0 aromatic carbocycles. The lowest BCUT2D eigenvalue weighted by Gasteiger charge is -2.21. The monoisotopic (exact) mass is 310 g/mol. The molecule has 1 heterocycles. The van der Waals surface area contributed by atoms with Crippen molar-refractivity contribution in [3.8, 4) is 0 Å². The molecule has 5 nitrogen and oxygen atoms in total. The Balaban J connectivity index is 2.34. The van der Waals surface area contributed by atoms with Crippen molar-refractivity contribution in [2.24, 2.45) is 4.99 Å². The molecule has 1 unspecified atom stereocenters. The largest absolute Gasteiger partial charge is 0.356 e. The molecule has 1 aromatic heterocycles. The molecule has 3 N–H and O–H groups in total. The van der Waals surface area contributed by atoms with Crippen LogP contribution >= 0.6 is 11.3 Å². The second-order valence-corrected chi connectivity index (χ2v) is 7.00. The first-order valence-corrected chi connectivity index (χ1v) is 7.98. The molecule has 1 rings (SSSR count). The van der Waals surface area contributed by atoms with E-state index in [0.29, 0.717) is 11.9 Å². The van der Waals surface area contributed by atoms with Crippen molar-refractivity contribution in [1.82, 2.24) is 16.0 Å². The van der Waals surface area contributed by atoms with Gasteiger partial charge in [-0.2, -0.15) is 0 Å². The minimum Gasteiger partial charge on any atom is -0.356 e. The van der Waals surface area contributed by atoms with E-state index < -0.39 is 0 Å². The van der Waals surface area contributed by atoms with Gasteiger partial charge in [-0.15, -0.1) is 11.3 Å². The van der Waals surface area contributed by atoms with Gasteiger partial charge in [0.15, 0.2) is 5.96 Å². The van der Waals surface area contributed by atoms with Crippen LogP contribution in [-0.4, -0.2) is 37.5 Å². The number of nitrogens with one attached hydrogen (secondary N) is 3. The zero-order chi connectivity index (χ0) is 15.9. The van der Waals surface area contributed by atoms with Gasteiger partial charge in [-0.25, -0.2) is 0 Å². The summed E-state index contributed by atoms with van der Waals surface area (Å²) in [5, 5.41) is 11.2. The molecule has 0 aliphatic heterocycles. The topological polar surface area (TPSA) is 65.5 Å². The number of carbonyl (C=O) groups is 1. The molecule has 118 valence electrons. The Morgan fingerprint density at radius 3 is 2.62 bits per heavy atom. The number of thiophene rings is 1. The second kappa shape index (κ2) is 8.02. The van der Waals surface area contributed by atoms with Crippen molar-refractivity contribution in [3.63, 3.8) is 0 Å². The molecule has 1 amide bonds. The van der Waals surface area contributed by atoms with Crippen LogP contribution in [0.15, 0.2) is 22.5 Å². The molecule has 0 fully saturated rings. The highest BCUT2D eigenvalue weighted by Gasteiger charge is 2.14.